The lowest BCUT2D eigenvalue weighted by Crippen LogP contribution is -2.39. The van der Waals surface area contributed by atoms with Gasteiger partial charge in [-0.1, -0.05) is 37.3 Å². The van der Waals surface area contributed by atoms with E-state index in [4.69, 9.17) is 5.26 Å². The zero-order chi connectivity index (χ0) is 20.0. The second kappa shape index (κ2) is 9.34. The zero-order valence-electron chi connectivity index (χ0n) is 16.9. The molecular formula is C23H29N3O. The summed E-state index contributed by atoms with van der Waals surface area (Å²) in [5.41, 5.74) is 5.36. The number of benzene rings is 2. The summed E-state index contributed by atoms with van der Waals surface area (Å²) in [6.45, 7) is 11.4. The Labute approximate surface area is 162 Å². The standard InChI is InChI=1S/C23H29N3O/c1-6-26(19(5)21-11-8-20(14-24)9-12-21)15-23(27)25-18(4)22-10-7-16(2)17(3)13-22/h7-13,18-19H,6,15H2,1-5H3,(H,25,27). The van der Waals surface area contributed by atoms with E-state index in [0.717, 1.165) is 17.7 Å². The monoisotopic (exact) mass is 363 g/mol. The third-order valence-corrected chi connectivity index (χ3v) is 5.23. The summed E-state index contributed by atoms with van der Waals surface area (Å²) in [5, 5.41) is 12.0. The Balaban J connectivity index is 2.00. The second-order valence-electron chi connectivity index (χ2n) is 7.11. The molecule has 0 saturated heterocycles. The number of nitrogens with one attached hydrogen (secondary N) is 1. The van der Waals surface area contributed by atoms with E-state index in [-0.39, 0.29) is 18.0 Å². The number of nitrogens with zero attached hydrogens (tertiary/aromatic N) is 2. The van der Waals surface area contributed by atoms with Gasteiger partial charge in [0.1, 0.15) is 0 Å². The Bertz CT molecular complexity index is 821. The predicted molar refractivity (Wildman–Crippen MR) is 109 cm³/mol. The lowest BCUT2D eigenvalue weighted by Gasteiger charge is -2.28. The summed E-state index contributed by atoms with van der Waals surface area (Å²) in [5.74, 6) is 0.0167. The molecule has 4 heteroatoms. The van der Waals surface area contributed by atoms with Crippen molar-refractivity contribution in [1.82, 2.24) is 10.2 Å². The van der Waals surface area contributed by atoms with Gasteiger partial charge in [-0.15, -0.1) is 0 Å². The maximum atomic E-state index is 12.6. The number of amides is 1. The molecule has 0 aliphatic rings. The fourth-order valence-electron chi connectivity index (χ4n) is 3.16. The molecule has 1 amide bonds. The second-order valence-corrected chi connectivity index (χ2v) is 7.11. The molecule has 0 bridgehead atoms. The molecule has 142 valence electrons. The molecule has 1 N–H and O–H groups in total. The smallest absolute Gasteiger partial charge is 0.234 e. The summed E-state index contributed by atoms with van der Waals surface area (Å²) in [6.07, 6.45) is 0. The zero-order valence-corrected chi connectivity index (χ0v) is 16.9. The van der Waals surface area contributed by atoms with Gasteiger partial charge in [-0.2, -0.15) is 5.26 Å². The van der Waals surface area contributed by atoms with E-state index < -0.39 is 0 Å². The van der Waals surface area contributed by atoms with Gasteiger partial charge in [0.2, 0.25) is 5.91 Å². The number of rotatable bonds is 7. The number of aryl methyl sites for hydroxylation is 2. The molecule has 2 rings (SSSR count). The molecule has 2 unspecified atom stereocenters. The van der Waals surface area contributed by atoms with Gasteiger partial charge in [-0.05, 0) is 68.6 Å². The van der Waals surface area contributed by atoms with Crippen molar-refractivity contribution < 1.29 is 4.79 Å². The van der Waals surface area contributed by atoms with E-state index in [1.807, 2.05) is 31.2 Å². The SMILES string of the molecule is CCN(CC(=O)NC(C)c1ccc(C)c(C)c1)C(C)c1ccc(C#N)cc1. The summed E-state index contributed by atoms with van der Waals surface area (Å²) in [7, 11) is 0. The van der Waals surface area contributed by atoms with Gasteiger partial charge in [0, 0.05) is 6.04 Å². The Morgan fingerprint density at radius 2 is 1.70 bits per heavy atom. The van der Waals surface area contributed by atoms with Crippen LogP contribution in [0.3, 0.4) is 0 Å². The minimum Gasteiger partial charge on any atom is -0.348 e. The largest absolute Gasteiger partial charge is 0.348 e. The van der Waals surface area contributed by atoms with Gasteiger partial charge >= 0.3 is 0 Å². The summed E-state index contributed by atoms with van der Waals surface area (Å²) < 4.78 is 0. The van der Waals surface area contributed by atoms with Gasteiger partial charge in [0.15, 0.2) is 0 Å². The van der Waals surface area contributed by atoms with Gasteiger partial charge in [0.05, 0.1) is 24.2 Å². The average Bonchev–Trinajstić information content (AvgIpc) is 2.67. The van der Waals surface area contributed by atoms with E-state index in [0.29, 0.717) is 12.1 Å². The van der Waals surface area contributed by atoms with Crippen molar-refractivity contribution in [3.05, 3.63) is 70.3 Å². The predicted octanol–water partition coefficient (Wildman–Crippen LogP) is 4.44. The summed E-state index contributed by atoms with van der Waals surface area (Å²) in [6, 6.07) is 16.1. The van der Waals surface area contributed by atoms with Crippen LogP contribution in [0.2, 0.25) is 0 Å². The molecule has 0 spiro atoms. The minimum absolute atomic E-state index is 0.0167. The van der Waals surface area contributed by atoms with Crippen LogP contribution >= 0.6 is 0 Å². The molecule has 2 aromatic carbocycles. The van der Waals surface area contributed by atoms with E-state index in [9.17, 15) is 4.79 Å². The maximum absolute atomic E-state index is 12.6. The van der Waals surface area contributed by atoms with Crippen molar-refractivity contribution in [2.45, 2.75) is 46.7 Å². The number of carbonyl (C=O) groups excluding carboxylic acids is 1. The van der Waals surface area contributed by atoms with Crippen molar-refractivity contribution in [3.63, 3.8) is 0 Å². The maximum Gasteiger partial charge on any atom is 0.234 e. The molecule has 0 aliphatic heterocycles. The molecule has 27 heavy (non-hydrogen) atoms. The van der Waals surface area contributed by atoms with Crippen LogP contribution in [0.4, 0.5) is 0 Å². The van der Waals surface area contributed by atoms with Crippen molar-refractivity contribution in [2.75, 3.05) is 13.1 Å². The fourth-order valence-corrected chi connectivity index (χ4v) is 3.16. The molecule has 2 aromatic rings. The molecule has 0 aromatic heterocycles. The first-order valence-corrected chi connectivity index (χ1v) is 9.46. The Morgan fingerprint density at radius 3 is 2.26 bits per heavy atom. The highest BCUT2D eigenvalue weighted by Gasteiger charge is 2.19. The number of nitriles is 1. The van der Waals surface area contributed by atoms with Crippen LogP contribution in [-0.4, -0.2) is 23.9 Å². The lowest BCUT2D eigenvalue weighted by molar-refractivity contribution is -0.123. The Hall–Kier alpha value is -2.64. The Kier molecular flexibility index (Phi) is 7.15. The molecule has 0 heterocycles. The molecule has 0 saturated carbocycles. The van der Waals surface area contributed by atoms with Crippen molar-refractivity contribution in [3.8, 4) is 6.07 Å². The molecule has 0 fully saturated rings. The van der Waals surface area contributed by atoms with Crippen LogP contribution in [-0.2, 0) is 4.79 Å². The highest BCUT2D eigenvalue weighted by Crippen LogP contribution is 2.21. The van der Waals surface area contributed by atoms with Crippen LogP contribution in [0.15, 0.2) is 42.5 Å². The van der Waals surface area contributed by atoms with Crippen molar-refractivity contribution in [1.29, 1.82) is 5.26 Å². The third kappa shape index (κ3) is 5.42. The molecule has 2 atom stereocenters. The van der Waals surface area contributed by atoms with E-state index in [1.54, 1.807) is 0 Å². The molecule has 4 nitrogen and oxygen atoms in total. The van der Waals surface area contributed by atoms with Crippen molar-refractivity contribution in [2.24, 2.45) is 0 Å². The highest BCUT2D eigenvalue weighted by atomic mass is 16.2. The minimum atomic E-state index is -0.0271. The molecule has 0 aliphatic carbocycles. The van der Waals surface area contributed by atoms with Crippen LogP contribution < -0.4 is 5.32 Å². The van der Waals surface area contributed by atoms with Gasteiger partial charge < -0.3 is 5.32 Å². The average molecular weight is 364 g/mol. The van der Waals surface area contributed by atoms with Gasteiger partial charge in [0.25, 0.3) is 0 Å². The number of likely N-dealkylation sites (N-methyl/N-ethyl adjacent to an activating group) is 1. The van der Waals surface area contributed by atoms with Crippen LogP contribution in [0, 0.1) is 25.2 Å². The Morgan fingerprint density at radius 1 is 1.07 bits per heavy atom. The van der Waals surface area contributed by atoms with Crippen LogP contribution in [0.5, 0.6) is 0 Å². The quantitative estimate of drug-likeness (QED) is 0.791. The normalized spacial score (nSPS) is 13.1. The lowest BCUT2D eigenvalue weighted by atomic mass is 10.0. The van der Waals surface area contributed by atoms with Gasteiger partial charge in [-0.25, -0.2) is 0 Å². The third-order valence-electron chi connectivity index (χ3n) is 5.23. The van der Waals surface area contributed by atoms with E-state index in [2.05, 4.69) is 62.2 Å². The summed E-state index contributed by atoms with van der Waals surface area (Å²) in [4.78, 5) is 14.7. The van der Waals surface area contributed by atoms with E-state index in [1.165, 1.54) is 11.1 Å². The number of hydrogen-bond acceptors (Lipinski definition) is 3. The first-order chi connectivity index (χ1) is 12.8. The van der Waals surface area contributed by atoms with Crippen LogP contribution in [0.25, 0.3) is 0 Å². The highest BCUT2D eigenvalue weighted by molar-refractivity contribution is 5.78. The first-order valence-electron chi connectivity index (χ1n) is 9.46. The summed E-state index contributed by atoms with van der Waals surface area (Å²) >= 11 is 0. The number of hydrogen-bond donors (Lipinski definition) is 1. The van der Waals surface area contributed by atoms with E-state index >= 15 is 0 Å². The number of carbonyl (C=O) groups is 1. The molecule has 0 radical (unpaired) electrons. The van der Waals surface area contributed by atoms with Crippen molar-refractivity contribution >= 4 is 5.91 Å². The molecular weight excluding hydrogens is 334 g/mol. The van der Waals surface area contributed by atoms with Crippen LogP contribution in [0.1, 0.15) is 60.7 Å². The first kappa shape index (κ1) is 20.7. The van der Waals surface area contributed by atoms with Gasteiger partial charge in [-0.3, -0.25) is 9.69 Å². The fraction of sp³-hybridized carbons (Fsp3) is 0.391. The topological polar surface area (TPSA) is 56.1 Å².